The third-order valence-electron chi connectivity index (χ3n) is 3.23. The zero-order valence-electron chi connectivity index (χ0n) is 15.0. The first kappa shape index (κ1) is 19.8. The van der Waals surface area contributed by atoms with E-state index < -0.39 is 0 Å². The molecule has 0 aliphatic heterocycles. The van der Waals surface area contributed by atoms with E-state index in [9.17, 15) is 4.79 Å². The molecule has 3 N–H and O–H groups in total. The Bertz CT molecular complexity index is 517. The standard InChI is InChI=1S/C18H30N4O2/c1-4-7-11-21-18(20-6-3)22-13-15-9-8-10-16(12-15)24-14-17(23)19-5-2/h8-10,12H,4-7,11,13-14H2,1-3H3,(H,19,23)(H2,20,21,22). The molecule has 24 heavy (non-hydrogen) atoms. The van der Waals surface area contributed by atoms with E-state index in [0.717, 1.165) is 37.5 Å². The quantitative estimate of drug-likeness (QED) is 0.348. The summed E-state index contributed by atoms with van der Waals surface area (Å²) in [7, 11) is 0. The summed E-state index contributed by atoms with van der Waals surface area (Å²) in [6.45, 7) is 9.03. The van der Waals surface area contributed by atoms with Crippen LogP contribution < -0.4 is 20.7 Å². The first-order valence-corrected chi connectivity index (χ1v) is 8.70. The number of nitrogens with one attached hydrogen (secondary N) is 3. The Kier molecular flexibility index (Phi) is 10.1. The Balaban J connectivity index is 2.57. The number of benzene rings is 1. The number of unbranched alkanes of at least 4 members (excludes halogenated alkanes) is 1. The van der Waals surface area contributed by atoms with Gasteiger partial charge in [-0.3, -0.25) is 4.79 Å². The molecule has 0 saturated heterocycles. The lowest BCUT2D eigenvalue weighted by Crippen LogP contribution is -2.37. The molecule has 0 radical (unpaired) electrons. The Labute approximate surface area is 145 Å². The molecule has 0 spiro atoms. The summed E-state index contributed by atoms with van der Waals surface area (Å²) in [4.78, 5) is 16.0. The predicted molar refractivity (Wildman–Crippen MR) is 98.3 cm³/mol. The van der Waals surface area contributed by atoms with Gasteiger partial charge in [-0.15, -0.1) is 0 Å². The van der Waals surface area contributed by atoms with Crippen LogP contribution in [-0.4, -0.2) is 38.1 Å². The molecule has 1 aromatic rings. The molecule has 0 aliphatic carbocycles. The second-order valence-electron chi connectivity index (χ2n) is 5.37. The Hall–Kier alpha value is -2.24. The molecule has 0 fully saturated rings. The van der Waals surface area contributed by atoms with Crippen molar-refractivity contribution in [3.05, 3.63) is 29.8 Å². The fourth-order valence-electron chi connectivity index (χ4n) is 2.03. The van der Waals surface area contributed by atoms with Crippen molar-refractivity contribution in [2.75, 3.05) is 26.2 Å². The molecule has 6 nitrogen and oxygen atoms in total. The van der Waals surface area contributed by atoms with E-state index in [4.69, 9.17) is 4.74 Å². The highest BCUT2D eigenvalue weighted by molar-refractivity contribution is 5.79. The molecule has 1 amide bonds. The van der Waals surface area contributed by atoms with Crippen LogP contribution in [0.25, 0.3) is 0 Å². The molecular weight excluding hydrogens is 304 g/mol. The van der Waals surface area contributed by atoms with Crippen molar-refractivity contribution < 1.29 is 9.53 Å². The van der Waals surface area contributed by atoms with Crippen LogP contribution in [0.15, 0.2) is 29.3 Å². The summed E-state index contributed by atoms with van der Waals surface area (Å²) in [6.07, 6.45) is 2.27. The SMILES string of the molecule is CCCCNC(=NCc1cccc(OCC(=O)NCC)c1)NCC. The Morgan fingerprint density at radius 3 is 2.62 bits per heavy atom. The highest BCUT2D eigenvalue weighted by Crippen LogP contribution is 2.14. The summed E-state index contributed by atoms with van der Waals surface area (Å²) >= 11 is 0. The third-order valence-corrected chi connectivity index (χ3v) is 3.23. The van der Waals surface area contributed by atoms with E-state index in [1.807, 2.05) is 38.1 Å². The molecule has 0 unspecified atom stereocenters. The molecular formula is C18H30N4O2. The lowest BCUT2D eigenvalue weighted by molar-refractivity contribution is -0.122. The normalized spacial score (nSPS) is 11.0. The predicted octanol–water partition coefficient (Wildman–Crippen LogP) is 2.06. The van der Waals surface area contributed by atoms with E-state index in [2.05, 4.69) is 27.9 Å². The van der Waals surface area contributed by atoms with Crippen molar-refractivity contribution in [1.82, 2.24) is 16.0 Å². The van der Waals surface area contributed by atoms with Crippen LogP contribution in [0.4, 0.5) is 0 Å². The second-order valence-corrected chi connectivity index (χ2v) is 5.37. The fourth-order valence-corrected chi connectivity index (χ4v) is 2.03. The number of hydrogen-bond acceptors (Lipinski definition) is 3. The van der Waals surface area contributed by atoms with Crippen molar-refractivity contribution in [3.8, 4) is 5.75 Å². The number of nitrogens with zero attached hydrogens (tertiary/aromatic N) is 1. The van der Waals surface area contributed by atoms with Crippen LogP contribution in [0.1, 0.15) is 39.2 Å². The van der Waals surface area contributed by atoms with Gasteiger partial charge in [0.05, 0.1) is 6.54 Å². The van der Waals surface area contributed by atoms with Gasteiger partial charge >= 0.3 is 0 Å². The van der Waals surface area contributed by atoms with Gasteiger partial charge in [0.15, 0.2) is 12.6 Å². The number of aliphatic imine (C=N–C) groups is 1. The van der Waals surface area contributed by atoms with E-state index in [0.29, 0.717) is 18.8 Å². The molecule has 1 rings (SSSR count). The summed E-state index contributed by atoms with van der Waals surface area (Å²) in [5.41, 5.74) is 1.04. The molecule has 0 heterocycles. The van der Waals surface area contributed by atoms with E-state index in [1.54, 1.807) is 0 Å². The molecule has 0 aromatic heterocycles. The zero-order chi connectivity index (χ0) is 17.6. The van der Waals surface area contributed by atoms with Crippen molar-refractivity contribution >= 4 is 11.9 Å². The minimum Gasteiger partial charge on any atom is -0.484 e. The monoisotopic (exact) mass is 334 g/mol. The lowest BCUT2D eigenvalue weighted by Gasteiger charge is -2.11. The van der Waals surface area contributed by atoms with Crippen molar-refractivity contribution in [2.24, 2.45) is 4.99 Å². The van der Waals surface area contributed by atoms with Gasteiger partial charge in [-0.2, -0.15) is 0 Å². The van der Waals surface area contributed by atoms with Crippen LogP contribution in [0.3, 0.4) is 0 Å². The van der Waals surface area contributed by atoms with Gasteiger partial charge in [0, 0.05) is 19.6 Å². The first-order chi connectivity index (χ1) is 11.7. The lowest BCUT2D eigenvalue weighted by atomic mass is 10.2. The highest BCUT2D eigenvalue weighted by atomic mass is 16.5. The van der Waals surface area contributed by atoms with Gasteiger partial charge < -0.3 is 20.7 Å². The number of likely N-dealkylation sites (N-methyl/N-ethyl adjacent to an activating group) is 1. The van der Waals surface area contributed by atoms with Gasteiger partial charge in [-0.05, 0) is 38.0 Å². The first-order valence-electron chi connectivity index (χ1n) is 8.70. The summed E-state index contributed by atoms with van der Waals surface area (Å²) in [6, 6.07) is 7.67. The summed E-state index contributed by atoms with van der Waals surface area (Å²) < 4.78 is 5.50. The van der Waals surface area contributed by atoms with Gasteiger partial charge in [-0.25, -0.2) is 4.99 Å². The number of hydrogen-bond donors (Lipinski definition) is 3. The molecule has 0 aliphatic rings. The van der Waals surface area contributed by atoms with Crippen molar-refractivity contribution in [3.63, 3.8) is 0 Å². The van der Waals surface area contributed by atoms with E-state index in [1.165, 1.54) is 0 Å². The number of carbonyl (C=O) groups is 1. The number of guanidine groups is 1. The molecule has 134 valence electrons. The second kappa shape index (κ2) is 12.2. The highest BCUT2D eigenvalue weighted by Gasteiger charge is 2.02. The van der Waals surface area contributed by atoms with E-state index in [-0.39, 0.29) is 12.5 Å². The minimum atomic E-state index is -0.115. The van der Waals surface area contributed by atoms with Crippen LogP contribution in [-0.2, 0) is 11.3 Å². The molecule has 1 aromatic carbocycles. The smallest absolute Gasteiger partial charge is 0.257 e. The van der Waals surface area contributed by atoms with Crippen LogP contribution >= 0.6 is 0 Å². The van der Waals surface area contributed by atoms with Gasteiger partial charge in [0.1, 0.15) is 5.75 Å². The topological polar surface area (TPSA) is 74.8 Å². The average molecular weight is 334 g/mol. The average Bonchev–Trinajstić information content (AvgIpc) is 2.59. The van der Waals surface area contributed by atoms with E-state index >= 15 is 0 Å². The van der Waals surface area contributed by atoms with Crippen molar-refractivity contribution in [1.29, 1.82) is 0 Å². The maximum Gasteiger partial charge on any atom is 0.257 e. The van der Waals surface area contributed by atoms with Gasteiger partial charge in [-0.1, -0.05) is 25.5 Å². The Morgan fingerprint density at radius 1 is 1.12 bits per heavy atom. The molecule has 6 heteroatoms. The number of carbonyl (C=O) groups excluding carboxylic acids is 1. The minimum absolute atomic E-state index is 0.0295. The summed E-state index contributed by atoms with van der Waals surface area (Å²) in [5.74, 6) is 1.38. The largest absolute Gasteiger partial charge is 0.484 e. The third kappa shape index (κ3) is 8.41. The molecule has 0 saturated carbocycles. The van der Waals surface area contributed by atoms with Crippen LogP contribution in [0.5, 0.6) is 5.75 Å². The maximum absolute atomic E-state index is 11.4. The molecule has 0 atom stereocenters. The number of amides is 1. The zero-order valence-corrected chi connectivity index (χ0v) is 15.0. The maximum atomic E-state index is 11.4. The Morgan fingerprint density at radius 2 is 1.92 bits per heavy atom. The number of ether oxygens (including phenoxy) is 1. The van der Waals surface area contributed by atoms with Crippen molar-refractivity contribution in [2.45, 2.75) is 40.2 Å². The fraction of sp³-hybridized carbons (Fsp3) is 0.556. The molecule has 0 bridgehead atoms. The van der Waals surface area contributed by atoms with Gasteiger partial charge in [0.2, 0.25) is 0 Å². The number of rotatable bonds is 10. The van der Waals surface area contributed by atoms with Gasteiger partial charge in [0.25, 0.3) is 5.91 Å². The van der Waals surface area contributed by atoms with Crippen LogP contribution in [0.2, 0.25) is 0 Å². The summed E-state index contributed by atoms with van der Waals surface area (Å²) in [5, 5.41) is 9.26. The van der Waals surface area contributed by atoms with Crippen LogP contribution in [0, 0.1) is 0 Å².